The van der Waals surface area contributed by atoms with Gasteiger partial charge in [-0.05, 0) is 80.6 Å². The van der Waals surface area contributed by atoms with Crippen molar-refractivity contribution < 1.29 is 4.42 Å². The van der Waals surface area contributed by atoms with Gasteiger partial charge in [-0.15, -0.1) is 0 Å². The second-order valence-electron chi connectivity index (χ2n) is 13.3. The van der Waals surface area contributed by atoms with E-state index in [0.29, 0.717) is 0 Å². The van der Waals surface area contributed by atoms with Crippen LogP contribution in [0.5, 0.6) is 0 Å². The van der Waals surface area contributed by atoms with Gasteiger partial charge >= 0.3 is 0 Å². The van der Waals surface area contributed by atoms with Gasteiger partial charge in [0.25, 0.3) is 0 Å². The van der Waals surface area contributed by atoms with Crippen LogP contribution in [0.15, 0.2) is 205 Å². The number of benzene rings is 9. The molecule has 9 aromatic carbocycles. The molecule has 0 atom stereocenters. The quantitative estimate of drug-likeness (QED) is 0.176. The molecular formula is C50H33NO. The van der Waals surface area contributed by atoms with Crippen molar-refractivity contribution in [2.75, 3.05) is 4.90 Å². The Morgan fingerprint density at radius 3 is 1.69 bits per heavy atom. The zero-order valence-corrected chi connectivity index (χ0v) is 28.4. The van der Waals surface area contributed by atoms with Gasteiger partial charge in [-0.3, -0.25) is 0 Å². The Kier molecular flexibility index (Phi) is 7.18. The van der Waals surface area contributed by atoms with E-state index < -0.39 is 0 Å². The summed E-state index contributed by atoms with van der Waals surface area (Å²) >= 11 is 0. The monoisotopic (exact) mass is 663 g/mol. The van der Waals surface area contributed by atoms with Gasteiger partial charge in [-0.2, -0.15) is 0 Å². The van der Waals surface area contributed by atoms with Crippen molar-refractivity contribution in [3.05, 3.63) is 200 Å². The first kappa shape index (κ1) is 30.0. The molecule has 0 fully saturated rings. The van der Waals surface area contributed by atoms with Crippen LogP contribution in [0.4, 0.5) is 17.1 Å². The fourth-order valence-electron chi connectivity index (χ4n) is 7.79. The van der Waals surface area contributed by atoms with Gasteiger partial charge in [0, 0.05) is 21.8 Å². The Morgan fingerprint density at radius 1 is 0.346 bits per heavy atom. The zero-order valence-electron chi connectivity index (χ0n) is 28.4. The van der Waals surface area contributed by atoms with E-state index >= 15 is 0 Å². The molecule has 2 heteroatoms. The van der Waals surface area contributed by atoms with Crippen LogP contribution in [0.25, 0.3) is 76.9 Å². The third-order valence-corrected chi connectivity index (χ3v) is 10.2. The van der Waals surface area contributed by atoms with Gasteiger partial charge in [0.2, 0.25) is 0 Å². The molecule has 0 amide bonds. The molecule has 0 aliphatic rings. The lowest BCUT2D eigenvalue weighted by Crippen LogP contribution is -2.11. The summed E-state index contributed by atoms with van der Waals surface area (Å²) in [5.74, 6) is 0. The first-order valence-electron chi connectivity index (χ1n) is 17.8. The average Bonchev–Trinajstić information content (AvgIpc) is 3.61. The lowest BCUT2D eigenvalue weighted by molar-refractivity contribution is 0.672. The molecule has 1 heterocycles. The second-order valence-corrected chi connectivity index (χ2v) is 13.3. The minimum atomic E-state index is 0.860. The van der Waals surface area contributed by atoms with Crippen LogP contribution in [0.3, 0.4) is 0 Å². The van der Waals surface area contributed by atoms with E-state index in [1.165, 1.54) is 49.5 Å². The smallest absolute Gasteiger partial charge is 0.143 e. The number of anilines is 3. The molecule has 0 N–H and O–H groups in total. The summed E-state index contributed by atoms with van der Waals surface area (Å²) in [6, 6.07) is 71.6. The first-order valence-corrected chi connectivity index (χ1v) is 17.8. The molecule has 10 aromatic rings. The lowest BCUT2D eigenvalue weighted by atomic mass is 9.93. The summed E-state index contributed by atoms with van der Waals surface area (Å²) in [6.45, 7) is 0. The molecule has 10 rings (SSSR count). The Labute approximate surface area is 302 Å². The van der Waals surface area contributed by atoms with Gasteiger partial charge in [-0.1, -0.05) is 164 Å². The highest BCUT2D eigenvalue weighted by Gasteiger charge is 2.23. The van der Waals surface area contributed by atoms with E-state index in [9.17, 15) is 0 Å². The average molecular weight is 664 g/mol. The van der Waals surface area contributed by atoms with E-state index in [-0.39, 0.29) is 0 Å². The Morgan fingerprint density at radius 2 is 0.904 bits per heavy atom. The molecule has 1 aromatic heterocycles. The first-order chi connectivity index (χ1) is 25.8. The predicted octanol–water partition coefficient (Wildman–Crippen LogP) is 14.4. The summed E-state index contributed by atoms with van der Waals surface area (Å²) in [6.07, 6.45) is 0. The van der Waals surface area contributed by atoms with Crippen molar-refractivity contribution in [2.45, 2.75) is 0 Å². The van der Waals surface area contributed by atoms with Crippen LogP contribution in [-0.2, 0) is 0 Å². The van der Waals surface area contributed by atoms with Gasteiger partial charge in [0.05, 0.1) is 16.8 Å². The van der Waals surface area contributed by atoms with Crippen LogP contribution in [0.1, 0.15) is 0 Å². The van der Waals surface area contributed by atoms with Crippen molar-refractivity contribution in [1.29, 1.82) is 0 Å². The van der Waals surface area contributed by atoms with Gasteiger partial charge in [-0.25, -0.2) is 0 Å². The molecule has 0 bridgehead atoms. The summed E-state index contributed by atoms with van der Waals surface area (Å²) < 4.78 is 6.85. The minimum Gasteiger partial charge on any atom is -0.455 e. The molecule has 0 aliphatic heterocycles. The van der Waals surface area contributed by atoms with E-state index in [2.05, 4.69) is 205 Å². The number of fused-ring (bicyclic) bond motifs is 6. The van der Waals surface area contributed by atoms with Crippen LogP contribution < -0.4 is 4.90 Å². The predicted molar refractivity (Wildman–Crippen MR) is 220 cm³/mol. The molecule has 0 saturated heterocycles. The maximum absolute atomic E-state index is 6.85. The Balaban J connectivity index is 1.24. The highest BCUT2D eigenvalue weighted by molar-refractivity contribution is 6.23. The maximum atomic E-state index is 6.85. The largest absolute Gasteiger partial charge is 0.455 e. The normalized spacial score (nSPS) is 11.5. The van der Waals surface area contributed by atoms with Crippen LogP contribution in [0.2, 0.25) is 0 Å². The fourth-order valence-corrected chi connectivity index (χ4v) is 7.79. The molecule has 2 nitrogen and oxygen atoms in total. The van der Waals surface area contributed by atoms with Crippen LogP contribution in [0, 0.1) is 0 Å². The number of furan rings is 1. The molecule has 0 aliphatic carbocycles. The lowest BCUT2D eigenvalue weighted by Gasteiger charge is -2.28. The summed E-state index contributed by atoms with van der Waals surface area (Å²) in [7, 11) is 0. The van der Waals surface area contributed by atoms with E-state index in [4.69, 9.17) is 4.42 Å². The molecular weight excluding hydrogens is 631 g/mol. The molecule has 0 saturated carbocycles. The number of rotatable bonds is 6. The standard InChI is InChI=1S/C50H33NO/c1-3-14-34(15-4-1)36-28-30-38(31-29-36)44-33-45-49-47(26-13-27-48(49)52-50(45)43-24-10-9-23-42(43)44)51(46-25-12-19-37-18-7-8-22-41(37)46)40-21-11-20-39(32-40)35-16-5-2-6-17-35/h1-33H. The van der Waals surface area contributed by atoms with Crippen molar-refractivity contribution in [2.24, 2.45) is 0 Å². The zero-order chi connectivity index (χ0) is 34.4. The van der Waals surface area contributed by atoms with Crippen LogP contribution >= 0.6 is 0 Å². The molecule has 0 radical (unpaired) electrons. The van der Waals surface area contributed by atoms with Gasteiger partial charge < -0.3 is 9.32 Å². The van der Waals surface area contributed by atoms with Crippen LogP contribution in [-0.4, -0.2) is 0 Å². The molecule has 244 valence electrons. The van der Waals surface area contributed by atoms with E-state index in [0.717, 1.165) is 44.4 Å². The van der Waals surface area contributed by atoms with Gasteiger partial charge in [0.1, 0.15) is 11.2 Å². The SMILES string of the molecule is c1ccc(-c2ccc(-c3cc4c(oc5cccc(N(c6cccc(-c7ccccc7)c6)c6cccc7ccccc67)c54)c4ccccc34)cc2)cc1. The summed E-state index contributed by atoms with van der Waals surface area (Å²) in [4.78, 5) is 2.41. The third kappa shape index (κ3) is 5.04. The number of hydrogen-bond donors (Lipinski definition) is 0. The molecule has 0 spiro atoms. The van der Waals surface area contributed by atoms with E-state index in [1.807, 2.05) is 0 Å². The maximum Gasteiger partial charge on any atom is 0.143 e. The van der Waals surface area contributed by atoms with Crippen molar-refractivity contribution in [3.63, 3.8) is 0 Å². The highest BCUT2D eigenvalue weighted by atomic mass is 16.3. The number of nitrogens with zero attached hydrogens (tertiary/aromatic N) is 1. The highest BCUT2D eigenvalue weighted by Crippen LogP contribution is 2.48. The summed E-state index contributed by atoms with van der Waals surface area (Å²) in [5, 5.41) is 6.83. The van der Waals surface area contributed by atoms with Gasteiger partial charge in [0.15, 0.2) is 0 Å². The topological polar surface area (TPSA) is 16.4 Å². The van der Waals surface area contributed by atoms with E-state index in [1.54, 1.807) is 0 Å². The minimum absolute atomic E-state index is 0.860. The third-order valence-electron chi connectivity index (χ3n) is 10.2. The fraction of sp³-hybridized carbons (Fsp3) is 0. The number of hydrogen-bond acceptors (Lipinski definition) is 2. The second kappa shape index (κ2) is 12.5. The molecule has 52 heavy (non-hydrogen) atoms. The molecule has 0 unspecified atom stereocenters. The van der Waals surface area contributed by atoms with Crippen molar-refractivity contribution in [1.82, 2.24) is 0 Å². The summed E-state index contributed by atoms with van der Waals surface area (Å²) in [5.41, 5.74) is 12.1. The van der Waals surface area contributed by atoms with Crippen molar-refractivity contribution in [3.8, 4) is 33.4 Å². The Bertz CT molecular complexity index is 2880. The Hall–Kier alpha value is -6.90. The van der Waals surface area contributed by atoms with Crippen molar-refractivity contribution >= 4 is 60.5 Å².